The van der Waals surface area contributed by atoms with Crippen LogP contribution in [0.25, 0.3) is 0 Å². The molecule has 1 saturated heterocycles. The van der Waals surface area contributed by atoms with Gasteiger partial charge in [0, 0.05) is 25.3 Å². The van der Waals surface area contributed by atoms with Crippen LogP contribution in [0.2, 0.25) is 0 Å². The summed E-state index contributed by atoms with van der Waals surface area (Å²) in [4.78, 5) is 13.8. The van der Waals surface area contributed by atoms with Crippen LogP contribution in [-0.4, -0.2) is 47.2 Å². The molecular weight excluding hydrogens is 216 g/mol. The smallest absolute Gasteiger partial charge is 0.274 e. The van der Waals surface area contributed by atoms with E-state index >= 15 is 0 Å². The van der Waals surface area contributed by atoms with Crippen molar-refractivity contribution in [3.05, 3.63) is 17.5 Å². The van der Waals surface area contributed by atoms with Crippen LogP contribution < -0.4 is 5.32 Å². The Labute approximate surface area is 102 Å². The molecule has 1 amide bonds. The molecule has 1 aliphatic heterocycles. The standard InChI is InChI=1S/C12H20N4O/c1-9-7-11(15-14-9)12(17)16(2)8-10-5-3-4-6-13-10/h7,10,13H,3-6,8H2,1-2H3,(H,14,15). The molecule has 5 nitrogen and oxygen atoms in total. The van der Waals surface area contributed by atoms with Crippen molar-refractivity contribution < 1.29 is 4.79 Å². The van der Waals surface area contributed by atoms with E-state index in [1.807, 2.05) is 14.0 Å². The number of hydrogen-bond donors (Lipinski definition) is 2. The van der Waals surface area contributed by atoms with Crippen molar-refractivity contribution in [2.45, 2.75) is 32.2 Å². The number of amides is 1. The lowest BCUT2D eigenvalue weighted by Crippen LogP contribution is -2.44. The number of hydrogen-bond acceptors (Lipinski definition) is 3. The number of aromatic amines is 1. The maximum atomic E-state index is 12.0. The fourth-order valence-corrected chi connectivity index (χ4v) is 2.22. The highest BCUT2D eigenvalue weighted by molar-refractivity contribution is 5.92. The molecule has 1 aliphatic rings. The molecular formula is C12H20N4O. The number of likely N-dealkylation sites (N-methyl/N-ethyl adjacent to an activating group) is 1. The van der Waals surface area contributed by atoms with E-state index in [0.29, 0.717) is 11.7 Å². The minimum absolute atomic E-state index is 0.0123. The summed E-state index contributed by atoms with van der Waals surface area (Å²) in [5.41, 5.74) is 1.42. The zero-order valence-corrected chi connectivity index (χ0v) is 10.5. The van der Waals surface area contributed by atoms with Crippen LogP contribution in [0.1, 0.15) is 35.4 Å². The molecule has 0 radical (unpaired) electrons. The molecule has 1 aromatic heterocycles. The van der Waals surface area contributed by atoms with Gasteiger partial charge in [0.2, 0.25) is 0 Å². The Morgan fingerprint density at radius 1 is 1.59 bits per heavy atom. The van der Waals surface area contributed by atoms with Gasteiger partial charge in [-0.2, -0.15) is 5.10 Å². The number of nitrogens with zero attached hydrogens (tertiary/aromatic N) is 2. The molecule has 2 N–H and O–H groups in total. The Kier molecular flexibility index (Phi) is 3.78. The Morgan fingerprint density at radius 3 is 3.00 bits per heavy atom. The van der Waals surface area contributed by atoms with Crippen molar-refractivity contribution in [3.8, 4) is 0 Å². The molecule has 0 spiro atoms. The molecule has 2 heterocycles. The quantitative estimate of drug-likeness (QED) is 0.821. The van der Waals surface area contributed by atoms with Gasteiger partial charge in [-0.15, -0.1) is 0 Å². The molecule has 17 heavy (non-hydrogen) atoms. The normalized spacial score (nSPS) is 20.2. The second kappa shape index (κ2) is 5.31. The van der Waals surface area contributed by atoms with Crippen LogP contribution >= 0.6 is 0 Å². The van der Waals surface area contributed by atoms with E-state index in [9.17, 15) is 4.79 Å². The Bertz CT molecular complexity index is 382. The van der Waals surface area contributed by atoms with E-state index in [4.69, 9.17) is 0 Å². The molecule has 1 unspecified atom stereocenters. The van der Waals surface area contributed by atoms with Gasteiger partial charge in [0.1, 0.15) is 5.69 Å². The highest BCUT2D eigenvalue weighted by Gasteiger charge is 2.19. The molecule has 0 aromatic carbocycles. The Hall–Kier alpha value is -1.36. The molecule has 5 heteroatoms. The van der Waals surface area contributed by atoms with Crippen LogP contribution in [0.5, 0.6) is 0 Å². The molecule has 0 aliphatic carbocycles. The maximum absolute atomic E-state index is 12.0. The van der Waals surface area contributed by atoms with E-state index in [0.717, 1.165) is 25.2 Å². The minimum atomic E-state index is -0.0123. The van der Waals surface area contributed by atoms with Gasteiger partial charge >= 0.3 is 0 Å². The van der Waals surface area contributed by atoms with Crippen molar-refractivity contribution in [2.75, 3.05) is 20.1 Å². The average Bonchev–Trinajstić information content (AvgIpc) is 2.76. The number of carbonyl (C=O) groups excluding carboxylic acids is 1. The van der Waals surface area contributed by atoms with Gasteiger partial charge in [-0.25, -0.2) is 0 Å². The number of H-pyrrole nitrogens is 1. The first-order valence-corrected chi connectivity index (χ1v) is 6.17. The van der Waals surface area contributed by atoms with Crippen molar-refractivity contribution in [1.29, 1.82) is 0 Å². The van der Waals surface area contributed by atoms with E-state index in [-0.39, 0.29) is 5.91 Å². The largest absolute Gasteiger partial charge is 0.339 e. The zero-order chi connectivity index (χ0) is 12.3. The molecule has 2 rings (SSSR count). The second-order valence-corrected chi connectivity index (χ2v) is 4.77. The number of nitrogens with one attached hydrogen (secondary N) is 2. The molecule has 1 atom stereocenters. The highest BCUT2D eigenvalue weighted by Crippen LogP contribution is 2.09. The average molecular weight is 236 g/mol. The lowest BCUT2D eigenvalue weighted by molar-refractivity contribution is 0.0769. The number of aromatic nitrogens is 2. The van der Waals surface area contributed by atoms with Gasteiger partial charge in [0.25, 0.3) is 5.91 Å². The van der Waals surface area contributed by atoms with E-state index < -0.39 is 0 Å². The van der Waals surface area contributed by atoms with Gasteiger partial charge in [0.05, 0.1) is 0 Å². The SMILES string of the molecule is Cc1cc(C(=O)N(C)CC2CCCCN2)n[nH]1. The predicted molar refractivity (Wildman–Crippen MR) is 65.9 cm³/mol. The second-order valence-electron chi connectivity index (χ2n) is 4.77. The van der Waals surface area contributed by atoms with Gasteiger partial charge in [-0.1, -0.05) is 6.42 Å². The molecule has 1 fully saturated rings. The van der Waals surface area contributed by atoms with Crippen molar-refractivity contribution in [3.63, 3.8) is 0 Å². The summed E-state index contributed by atoms with van der Waals surface area (Å²) in [5, 5.41) is 10.2. The van der Waals surface area contributed by atoms with Gasteiger partial charge in [-0.3, -0.25) is 9.89 Å². The minimum Gasteiger partial charge on any atom is -0.339 e. The number of aryl methyl sites for hydroxylation is 1. The molecule has 94 valence electrons. The number of piperidine rings is 1. The van der Waals surface area contributed by atoms with Gasteiger partial charge in [0.15, 0.2) is 0 Å². The molecule has 1 aromatic rings. The van der Waals surface area contributed by atoms with Crippen molar-refractivity contribution in [1.82, 2.24) is 20.4 Å². The lowest BCUT2D eigenvalue weighted by Gasteiger charge is -2.27. The Morgan fingerprint density at radius 2 is 2.41 bits per heavy atom. The summed E-state index contributed by atoms with van der Waals surface area (Å²) in [6.45, 7) is 3.71. The third-order valence-corrected chi connectivity index (χ3v) is 3.18. The topological polar surface area (TPSA) is 61.0 Å². The van der Waals surface area contributed by atoms with Crippen LogP contribution in [-0.2, 0) is 0 Å². The number of carbonyl (C=O) groups is 1. The van der Waals surface area contributed by atoms with Crippen LogP contribution in [0, 0.1) is 6.92 Å². The summed E-state index contributed by atoms with van der Waals surface area (Å²) < 4.78 is 0. The van der Waals surface area contributed by atoms with Crippen LogP contribution in [0.4, 0.5) is 0 Å². The monoisotopic (exact) mass is 236 g/mol. The molecule has 0 bridgehead atoms. The summed E-state index contributed by atoms with van der Waals surface area (Å²) in [6, 6.07) is 2.21. The zero-order valence-electron chi connectivity index (χ0n) is 10.5. The number of rotatable bonds is 3. The van der Waals surface area contributed by atoms with Crippen LogP contribution in [0.15, 0.2) is 6.07 Å². The predicted octanol–water partition coefficient (Wildman–Crippen LogP) is 0.932. The van der Waals surface area contributed by atoms with Crippen molar-refractivity contribution >= 4 is 5.91 Å². The summed E-state index contributed by atoms with van der Waals surface area (Å²) in [7, 11) is 1.84. The van der Waals surface area contributed by atoms with Gasteiger partial charge < -0.3 is 10.2 Å². The van der Waals surface area contributed by atoms with E-state index in [1.165, 1.54) is 12.8 Å². The molecule has 0 saturated carbocycles. The highest BCUT2D eigenvalue weighted by atomic mass is 16.2. The van der Waals surface area contributed by atoms with Crippen molar-refractivity contribution in [2.24, 2.45) is 0 Å². The maximum Gasteiger partial charge on any atom is 0.274 e. The van der Waals surface area contributed by atoms with E-state index in [1.54, 1.807) is 11.0 Å². The first-order chi connectivity index (χ1) is 8.16. The summed E-state index contributed by atoms with van der Waals surface area (Å²) in [5.74, 6) is -0.0123. The fraction of sp³-hybridized carbons (Fsp3) is 0.667. The fourth-order valence-electron chi connectivity index (χ4n) is 2.22. The lowest BCUT2D eigenvalue weighted by atomic mass is 10.0. The summed E-state index contributed by atoms with van der Waals surface area (Å²) in [6.07, 6.45) is 3.64. The Balaban J connectivity index is 1.90. The summed E-state index contributed by atoms with van der Waals surface area (Å²) >= 11 is 0. The first kappa shape index (κ1) is 12.1. The third-order valence-electron chi connectivity index (χ3n) is 3.18. The van der Waals surface area contributed by atoms with Crippen LogP contribution in [0.3, 0.4) is 0 Å². The third kappa shape index (κ3) is 3.06. The first-order valence-electron chi connectivity index (χ1n) is 6.17. The van der Waals surface area contributed by atoms with E-state index in [2.05, 4.69) is 15.5 Å². The van der Waals surface area contributed by atoms with Gasteiger partial charge in [-0.05, 0) is 32.4 Å².